The molecule has 3 rings (SSSR count). The number of nitrogens with one attached hydrogen (secondary N) is 1. The lowest BCUT2D eigenvalue weighted by Crippen LogP contribution is -2.38. The summed E-state index contributed by atoms with van der Waals surface area (Å²) < 4.78 is 15.9. The number of carbonyl (C=O) groups excluding carboxylic acids is 2. The third-order valence-electron chi connectivity index (χ3n) is 4.88. The van der Waals surface area contributed by atoms with Crippen molar-refractivity contribution in [2.45, 2.75) is 6.42 Å². The highest BCUT2D eigenvalue weighted by molar-refractivity contribution is 7.99. The Bertz CT molecular complexity index is 895. The van der Waals surface area contributed by atoms with E-state index in [0.717, 1.165) is 30.2 Å². The third kappa shape index (κ3) is 5.18. The van der Waals surface area contributed by atoms with Crippen LogP contribution in [-0.2, 0) is 11.2 Å². The third-order valence-corrected chi connectivity index (χ3v) is 5.82. The Balaban J connectivity index is 1.68. The number of benzene rings is 2. The van der Waals surface area contributed by atoms with Gasteiger partial charge in [-0.1, -0.05) is 12.1 Å². The molecule has 0 saturated carbocycles. The predicted molar refractivity (Wildman–Crippen MR) is 118 cm³/mol. The smallest absolute Gasteiger partial charge is 0.259 e. The van der Waals surface area contributed by atoms with Gasteiger partial charge in [0.25, 0.3) is 5.91 Å². The Morgan fingerprint density at radius 2 is 1.53 bits per heavy atom. The van der Waals surface area contributed by atoms with Crippen LogP contribution in [-0.4, -0.2) is 62.6 Å². The molecule has 160 valence electrons. The normalized spacial score (nSPS) is 13.5. The average molecular weight is 431 g/mol. The molecule has 0 radical (unpaired) electrons. The second kappa shape index (κ2) is 10.2. The minimum Gasteiger partial charge on any atom is -0.496 e. The summed E-state index contributed by atoms with van der Waals surface area (Å²) in [7, 11) is 4.52. The van der Waals surface area contributed by atoms with E-state index in [0.29, 0.717) is 34.9 Å². The van der Waals surface area contributed by atoms with Crippen LogP contribution in [0.2, 0.25) is 0 Å². The number of thioether (sulfide) groups is 1. The highest BCUT2D eigenvalue weighted by atomic mass is 32.2. The van der Waals surface area contributed by atoms with Crippen LogP contribution in [0.1, 0.15) is 15.9 Å². The van der Waals surface area contributed by atoms with E-state index in [1.165, 1.54) is 21.3 Å². The van der Waals surface area contributed by atoms with Crippen LogP contribution in [0.5, 0.6) is 17.2 Å². The van der Waals surface area contributed by atoms with E-state index in [1.807, 2.05) is 28.8 Å². The number of anilines is 1. The Hall–Kier alpha value is -2.87. The second-order valence-electron chi connectivity index (χ2n) is 6.73. The van der Waals surface area contributed by atoms with Crippen molar-refractivity contribution < 1.29 is 23.8 Å². The van der Waals surface area contributed by atoms with E-state index in [2.05, 4.69) is 5.32 Å². The van der Waals surface area contributed by atoms with Gasteiger partial charge in [-0.25, -0.2) is 0 Å². The lowest BCUT2D eigenvalue weighted by atomic mass is 10.1. The molecule has 0 unspecified atom stereocenters. The molecule has 0 atom stereocenters. The van der Waals surface area contributed by atoms with Gasteiger partial charge in [0.05, 0.1) is 33.3 Å². The topological polar surface area (TPSA) is 77.1 Å². The number of carbonyl (C=O) groups is 2. The minimum atomic E-state index is -0.331. The first-order valence-corrected chi connectivity index (χ1v) is 10.8. The lowest BCUT2D eigenvalue weighted by molar-refractivity contribution is -0.130. The molecule has 2 amide bonds. The predicted octanol–water partition coefficient (Wildman–Crippen LogP) is 3.08. The lowest BCUT2D eigenvalue weighted by Gasteiger charge is -2.26. The zero-order chi connectivity index (χ0) is 21.5. The number of hydrogen-bond donors (Lipinski definition) is 1. The van der Waals surface area contributed by atoms with E-state index >= 15 is 0 Å². The van der Waals surface area contributed by atoms with Crippen molar-refractivity contribution in [1.82, 2.24) is 4.90 Å². The summed E-state index contributed by atoms with van der Waals surface area (Å²) in [5.41, 5.74) is 1.87. The largest absolute Gasteiger partial charge is 0.496 e. The molecule has 2 aromatic carbocycles. The van der Waals surface area contributed by atoms with Crippen molar-refractivity contribution in [3.8, 4) is 17.2 Å². The van der Waals surface area contributed by atoms with Crippen molar-refractivity contribution in [2.24, 2.45) is 0 Å². The van der Waals surface area contributed by atoms with E-state index in [4.69, 9.17) is 14.2 Å². The number of amides is 2. The monoisotopic (exact) mass is 430 g/mol. The molecule has 1 N–H and O–H groups in total. The Morgan fingerprint density at radius 1 is 0.933 bits per heavy atom. The van der Waals surface area contributed by atoms with Crippen molar-refractivity contribution in [2.75, 3.05) is 51.2 Å². The minimum absolute atomic E-state index is 0.141. The SMILES string of the molecule is COc1cc(OC)c(C(=O)Nc2ccc(CC(=O)N3CCSCC3)cc2)cc1OC. The van der Waals surface area contributed by atoms with Crippen molar-refractivity contribution >= 4 is 29.3 Å². The standard InChI is InChI=1S/C22H26N2O5S/c1-27-18-14-20(29-3)19(28-2)13-17(18)22(26)23-16-6-4-15(5-7-16)12-21(25)24-8-10-30-11-9-24/h4-7,13-14H,8-12H2,1-3H3,(H,23,26). The van der Waals surface area contributed by atoms with Crippen LogP contribution in [0.25, 0.3) is 0 Å². The quantitative estimate of drug-likeness (QED) is 0.728. The van der Waals surface area contributed by atoms with Gasteiger partial charge in [-0.15, -0.1) is 0 Å². The summed E-state index contributed by atoms with van der Waals surface area (Å²) in [5, 5.41) is 2.85. The molecule has 0 aromatic heterocycles. The maximum absolute atomic E-state index is 12.8. The molecule has 7 nitrogen and oxygen atoms in total. The molecule has 1 heterocycles. The highest BCUT2D eigenvalue weighted by Gasteiger charge is 2.19. The van der Waals surface area contributed by atoms with Gasteiger partial charge in [0.2, 0.25) is 5.91 Å². The van der Waals surface area contributed by atoms with Crippen LogP contribution >= 0.6 is 11.8 Å². The van der Waals surface area contributed by atoms with E-state index in [-0.39, 0.29) is 11.8 Å². The molecule has 0 aliphatic carbocycles. The molecule has 30 heavy (non-hydrogen) atoms. The first kappa shape index (κ1) is 21.8. The fourth-order valence-corrected chi connectivity index (χ4v) is 4.11. The summed E-state index contributed by atoms with van der Waals surface area (Å²) in [6.07, 6.45) is 0.363. The number of hydrogen-bond acceptors (Lipinski definition) is 6. The highest BCUT2D eigenvalue weighted by Crippen LogP contribution is 2.35. The number of rotatable bonds is 7. The van der Waals surface area contributed by atoms with Crippen LogP contribution in [0, 0.1) is 0 Å². The summed E-state index contributed by atoms with van der Waals surface area (Å²) in [6.45, 7) is 1.62. The van der Waals surface area contributed by atoms with Crippen LogP contribution in [0.15, 0.2) is 36.4 Å². The van der Waals surface area contributed by atoms with Crippen LogP contribution in [0.3, 0.4) is 0 Å². The molecular formula is C22H26N2O5S. The molecule has 1 fully saturated rings. The Labute approximate surface area is 180 Å². The van der Waals surface area contributed by atoms with E-state index in [9.17, 15) is 9.59 Å². The zero-order valence-electron chi connectivity index (χ0n) is 17.4. The van der Waals surface area contributed by atoms with Crippen molar-refractivity contribution in [3.63, 3.8) is 0 Å². The van der Waals surface area contributed by atoms with Crippen molar-refractivity contribution in [1.29, 1.82) is 0 Å². The van der Waals surface area contributed by atoms with Crippen molar-refractivity contribution in [3.05, 3.63) is 47.5 Å². The number of nitrogens with zero attached hydrogens (tertiary/aromatic N) is 1. The van der Waals surface area contributed by atoms with Crippen LogP contribution < -0.4 is 19.5 Å². The second-order valence-corrected chi connectivity index (χ2v) is 7.95. The van der Waals surface area contributed by atoms with Gasteiger partial charge >= 0.3 is 0 Å². The molecular weight excluding hydrogens is 404 g/mol. The Morgan fingerprint density at radius 3 is 2.13 bits per heavy atom. The molecule has 0 spiro atoms. The maximum Gasteiger partial charge on any atom is 0.259 e. The van der Waals surface area contributed by atoms with E-state index in [1.54, 1.807) is 24.3 Å². The first-order valence-electron chi connectivity index (χ1n) is 9.61. The Kier molecular flexibility index (Phi) is 7.46. The summed E-state index contributed by atoms with van der Waals surface area (Å²) in [4.78, 5) is 27.1. The molecule has 1 aliphatic rings. The summed E-state index contributed by atoms with van der Waals surface area (Å²) in [6, 6.07) is 10.5. The van der Waals surface area contributed by atoms with Gasteiger partial charge in [-0.3, -0.25) is 9.59 Å². The van der Waals surface area contributed by atoms with Gasteiger partial charge < -0.3 is 24.4 Å². The number of methoxy groups -OCH3 is 3. The molecule has 0 bridgehead atoms. The average Bonchev–Trinajstić information content (AvgIpc) is 2.79. The maximum atomic E-state index is 12.8. The van der Waals surface area contributed by atoms with Gasteiger partial charge in [-0.2, -0.15) is 11.8 Å². The van der Waals surface area contributed by atoms with Gasteiger partial charge in [-0.05, 0) is 17.7 Å². The fourth-order valence-electron chi connectivity index (χ4n) is 3.21. The zero-order valence-corrected chi connectivity index (χ0v) is 18.2. The van der Waals surface area contributed by atoms with Gasteiger partial charge in [0, 0.05) is 42.4 Å². The number of ether oxygens (including phenoxy) is 3. The molecule has 8 heteroatoms. The fraction of sp³-hybridized carbons (Fsp3) is 0.364. The molecule has 1 aliphatic heterocycles. The summed E-state index contributed by atoms with van der Waals surface area (Å²) in [5.74, 6) is 3.10. The molecule has 1 saturated heterocycles. The summed E-state index contributed by atoms with van der Waals surface area (Å²) >= 11 is 1.88. The van der Waals surface area contributed by atoms with E-state index < -0.39 is 0 Å². The van der Waals surface area contributed by atoms with Gasteiger partial charge in [0.1, 0.15) is 5.75 Å². The molecule has 2 aromatic rings. The first-order chi connectivity index (χ1) is 14.5. The van der Waals surface area contributed by atoms with Gasteiger partial charge in [0.15, 0.2) is 11.5 Å². The van der Waals surface area contributed by atoms with Crippen LogP contribution in [0.4, 0.5) is 5.69 Å².